The molecule has 1 heterocycles. The lowest BCUT2D eigenvalue weighted by molar-refractivity contribution is 0.343. The minimum atomic E-state index is 0.328. The lowest BCUT2D eigenvalue weighted by atomic mass is 9.93. The summed E-state index contributed by atoms with van der Waals surface area (Å²) in [4.78, 5) is 0. The predicted molar refractivity (Wildman–Crippen MR) is 80.5 cm³/mol. The summed E-state index contributed by atoms with van der Waals surface area (Å²) in [6, 6.07) is 0.677. The van der Waals surface area contributed by atoms with E-state index in [-0.39, 0.29) is 0 Å². The number of hydrogen-bond donors (Lipinski definition) is 1. The first kappa shape index (κ1) is 14.9. The number of nitrogens with zero attached hydrogens (tertiary/aromatic N) is 2. The molecular formula is C15H26ClN3. The van der Waals surface area contributed by atoms with Gasteiger partial charge in [0.15, 0.2) is 0 Å². The summed E-state index contributed by atoms with van der Waals surface area (Å²) in [7, 11) is 2.04. The lowest BCUT2D eigenvalue weighted by Gasteiger charge is -2.26. The maximum Gasteiger partial charge on any atom is 0.0834 e. The largest absolute Gasteiger partial charge is 0.311 e. The topological polar surface area (TPSA) is 29.9 Å². The first-order chi connectivity index (χ1) is 9.08. The van der Waals surface area contributed by atoms with Crippen molar-refractivity contribution in [3.05, 3.63) is 16.9 Å². The van der Waals surface area contributed by atoms with Crippen LogP contribution in [-0.4, -0.2) is 16.8 Å². The molecule has 1 aromatic rings. The van der Waals surface area contributed by atoms with E-state index in [1.54, 1.807) is 6.20 Å². The highest BCUT2D eigenvalue weighted by Crippen LogP contribution is 2.42. The van der Waals surface area contributed by atoms with Crippen LogP contribution >= 0.6 is 11.6 Å². The van der Waals surface area contributed by atoms with Gasteiger partial charge in [0.25, 0.3) is 0 Å². The van der Waals surface area contributed by atoms with E-state index in [2.05, 4.69) is 35.9 Å². The fourth-order valence-electron chi connectivity index (χ4n) is 3.44. The van der Waals surface area contributed by atoms with Crippen molar-refractivity contribution in [1.29, 1.82) is 0 Å². The summed E-state index contributed by atoms with van der Waals surface area (Å²) in [5.41, 5.74) is 1.17. The van der Waals surface area contributed by atoms with Gasteiger partial charge in [0.2, 0.25) is 0 Å². The molecule has 0 bridgehead atoms. The Labute approximate surface area is 121 Å². The van der Waals surface area contributed by atoms with E-state index < -0.39 is 0 Å². The van der Waals surface area contributed by atoms with E-state index in [4.69, 9.17) is 11.6 Å². The molecule has 0 saturated heterocycles. The highest BCUT2D eigenvalue weighted by molar-refractivity contribution is 6.31. The monoisotopic (exact) mass is 283 g/mol. The Balaban J connectivity index is 2.25. The van der Waals surface area contributed by atoms with E-state index in [9.17, 15) is 0 Å². The average Bonchev–Trinajstić information content (AvgIpc) is 2.99. The molecule has 2 rings (SSSR count). The van der Waals surface area contributed by atoms with Gasteiger partial charge in [-0.2, -0.15) is 5.10 Å². The second kappa shape index (κ2) is 6.27. The second-order valence-electron chi connectivity index (χ2n) is 6.03. The van der Waals surface area contributed by atoms with Gasteiger partial charge in [-0.3, -0.25) is 4.68 Å². The van der Waals surface area contributed by atoms with Crippen molar-refractivity contribution < 1.29 is 0 Å². The maximum absolute atomic E-state index is 6.39. The van der Waals surface area contributed by atoms with Crippen LogP contribution in [0.4, 0.5) is 0 Å². The van der Waals surface area contributed by atoms with Gasteiger partial charge >= 0.3 is 0 Å². The van der Waals surface area contributed by atoms with Crippen molar-refractivity contribution in [1.82, 2.24) is 15.1 Å². The smallest absolute Gasteiger partial charge is 0.0834 e. The third kappa shape index (κ3) is 2.97. The van der Waals surface area contributed by atoms with Crippen molar-refractivity contribution in [3.63, 3.8) is 0 Å². The van der Waals surface area contributed by atoms with Crippen LogP contribution in [0.15, 0.2) is 6.20 Å². The number of halogens is 1. The zero-order chi connectivity index (χ0) is 14.0. The molecular weight excluding hydrogens is 258 g/mol. The van der Waals surface area contributed by atoms with Gasteiger partial charge in [-0.05, 0) is 45.6 Å². The molecule has 3 nitrogen and oxygen atoms in total. The van der Waals surface area contributed by atoms with Crippen molar-refractivity contribution in [3.8, 4) is 0 Å². The molecule has 0 radical (unpaired) electrons. The van der Waals surface area contributed by atoms with Crippen LogP contribution in [0.2, 0.25) is 5.02 Å². The first-order valence-electron chi connectivity index (χ1n) is 7.48. The Morgan fingerprint density at radius 1 is 1.47 bits per heavy atom. The van der Waals surface area contributed by atoms with Crippen LogP contribution in [0.25, 0.3) is 0 Å². The molecule has 1 N–H and O–H groups in total. The van der Waals surface area contributed by atoms with Crippen LogP contribution in [0.1, 0.15) is 64.2 Å². The van der Waals surface area contributed by atoms with Gasteiger partial charge in [-0.15, -0.1) is 0 Å². The number of nitrogens with one attached hydrogen (secondary N) is 1. The molecule has 0 aromatic carbocycles. The molecule has 1 aliphatic rings. The first-order valence-corrected chi connectivity index (χ1v) is 7.86. The van der Waals surface area contributed by atoms with Crippen molar-refractivity contribution >= 4 is 11.6 Å². The molecule has 0 spiro atoms. The molecule has 3 atom stereocenters. The van der Waals surface area contributed by atoms with Crippen LogP contribution < -0.4 is 5.32 Å². The molecule has 1 aromatic heterocycles. The summed E-state index contributed by atoms with van der Waals surface area (Å²) in [5.74, 6) is 1.57. The van der Waals surface area contributed by atoms with E-state index in [1.165, 1.54) is 31.4 Å². The van der Waals surface area contributed by atoms with Gasteiger partial charge in [0.05, 0.1) is 23.0 Å². The molecule has 1 fully saturated rings. The van der Waals surface area contributed by atoms with Crippen LogP contribution in [-0.2, 0) is 0 Å². The van der Waals surface area contributed by atoms with Gasteiger partial charge in [-0.25, -0.2) is 0 Å². The van der Waals surface area contributed by atoms with Gasteiger partial charge in [-0.1, -0.05) is 31.4 Å². The Morgan fingerprint density at radius 2 is 2.21 bits per heavy atom. The lowest BCUT2D eigenvalue weighted by Crippen LogP contribution is -2.27. The van der Waals surface area contributed by atoms with Crippen LogP contribution in [0.3, 0.4) is 0 Å². The zero-order valence-electron chi connectivity index (χ0n) is 12.5. The highest BCUT2D eigenvalue weighted by Gasteiger charge is 2.33. The highest BCUT2D eigenvalue weighted by atomic mass is 35.5. The van der Waals surface area contributed by atoms with Crippen molar-refractivity contribution in [2.45, 2.75) is 58.5 Å². The SMILES string of the molecule is CCC1CCC(C(NC)c2c(Cl)cnn2C(C)C)C1. The standard InChI is InChI=1S/C15H26ClN3/c1-5-11-6-7-12(8-11)14(17-4)15-13(16)9-18-19(15)10(2)3/h9-12,14,17H,5-8H2,1-4H3. The van der Waals surface area contributed by atoms with Crippen molar-refractivity contribution in [2.75, 3.05) is 7.05 Å². The summed E-state index contributed by atoms with van der Waals surface area (Å²) in [6.45, 7) is 6.61. The number of hydrogen-bond acceptors (Lipinski definition) is 2. The molecule has 0 amide bonds. The Hall–Kier alpha value is -0.540. The molecule has 4 heteroatoms. The van der Waals surface area contributed by atoms with Crippen molar-refractivity contribution in [2.24, 2.45) is 11.8 Å². The van der Waals surface area contributed by atoms with Gasteiger partial charge < -0.3 is 5.32 Å². The Kier molecular flexibility index (Phi) is 4.91. The third-order valence-corrected chi connectivity index (χ3v) is 4.80. The number of aromatic nitrogens is 2. The normalized spacial score (nSPS) is 25.2. The Bertz CT molecular complexity index is 414. The van der Waals surface area contributed by atoms with E-state index in [1.807, 2.05) is 7.05 Å². The van der Waals surface area contributed by atoms with E-state index in [0.29, 0.717) is 18.0 Å². The van der Waals surface area contributed by atoms with Gasteiger partial charge in [0, 0.05) is 6.04 Å². The fourth-order valence-corrected chi connectivity index (χ4v) is 3.68. The fraction of sp³-hybridized carbons (Fsp3) is 0.800. The minimum Gasteiger partial charge on any atom is -0.311 e. The minimum absolute atomic E-state index is 0.328. The molecule has 1 aliphatic carbocycles. The van der Waals surface area contributed by atoms with E-state index in [0.717, 1.165) is 10.9 Å². The third-order valence-electron chi connectivity index (χ3n) is 4.51. The zero-order valence-corrected chi connectivity index (χ0v) is 13.2. The average molecular weight is 284 g/mol. The molecule has 1 saturated carbocycles. The predicted octanol–water partition coefficient (Wildman–Crippen LogP) is 4.20. The summed E-state index contributed by atoms with van der Waals surface area (Å²) < 4.78 is 2.07. The Morgan fingerprint density at radius 3 is 2.74 bits per heavy atom. The quantitative estimate of drug-likeness (QED) is 0.877. The maximum atomic E-state index is 6.39. The van der Waals surface area contributed by atoms with Crippen LogP contribution in [0.5, 0.6) is 0 Å². The summed E-state index contributed by atoms with van der Waals surface area (Å²) >= 11 is 6.39. The summed E-state index contributed by atoms with van der Waals surface area (Å²) in [5, 5.41) is 8.72. The molecule has 3 unspecified atom stereocenters. The molecule has 108 valence electrons. The van der Waals surface area contributed by atoms with Crippen LogP contribution in [0, 0.1) is 11.8 Å². The van der Waals surface area contributed by atoms with Gasteiger partial charge in [0.1, 0.15) is 0 Å². The van der Waals surface area contributed by atoms with E-state index >= 15 is 0 Å². The summed E-state index contributed by atoms with van der Waals surface area (Å²) in [6.07, 6.45) is 7.04. The molecule has 0 aliphatic heterocycles. The number of rotatable bonds is 5. The second-order valence-corrected chi connectivity index (χ2v) is 6.44. The molecule has 19 heavy (non-hydrogen) atoms.